The van der Waals surface area contributed by atoms with Gasteiger partial charge in [-0.1, -0.05) is 32.9 Å². The third-order valence-corrected chi connectivity index (χ3v) is 7.50. The van der Waals surface area contributed by atoms with Crippen LogP contribution in [0.2, 0.25) is 0 Å². The number of nitrogens with one attached hydrogen (secondary N) is 1. The molecule has 0 bridgehead atoms. The normalized spacial score (nSPS) is 21.7. The van der Waals surface area contributed by atoms with E-state index in [0.29, 0.717) is 11.4 Å². The summed E-state index contributed by atoms with van der Waals surface area (Å²) in [7, 11) is 0. The molecule has 1 aromatic carbocycles. The summed E-state index contributed by atoms with van der Waals surface area (Å²) in [5, 5.41) is 20.6. The van der Waals surface area contributed by atoms with Gasteiger partial charge < -0.3 is 10.4 Å². The number of hydrogen-bond donors (Lipinski definition) is 2. The van der Waals surface area contributed by atoms with E-state index in [-0.39, 0.29) is 35.4 Å². The zero-order valence-corrected chi connectivity index (χ0v) is 19.9. The Hall–Kier alpha value is -3.26. The van der Waals surface area contributed by atoms with Gasteiger partial charge in [0.2, 0.25) is 0 Å². The van der Waals surface area contributed by atoms with Crippen molar-refractivity contribution in [3.8, 4) is 11.3 Å². The molecule has 1 amide bonds. The van der Waals surface area contributed by atoms with Crippen LogP contribution in [0.25, 0.3) is 11.3 Å². The molecule has 3 atom stereocenters. The summed E-state index contributed by atoms with van der Waals surface area (Å²) < 4.78 is 28.8. The molecule has 4 rings (SSSR count). The van der Waals surface area contributed by atoms with Gasteiger partial charge in [0.15, 0.2) is 0 Å². The smallest absolute Gasteiger partial charge is 0.270 e. The largest absolute Gasteiger partial charge is 0.394 e. The van der Waals surface area contributed by atoms with E-state index in [0.717, 1.165) is 5.56 Å². The molecule has 2 N–H and O–H groups in total. The first-order valence-corrected chi connectivity index (χ1v) is 11.2. The van der Waals surface area contributed by atoms with E-state index in [1.807, 2.05) is 19.9 Å². The number of halogens is 2. The lowest BCUT2D eigenvalue weighted by molar-refractivity contribution is 0.0916. The van der Waals surface area contributed by atoms with Crippen molar-refractivity contribution in [1.82, 2.24) is 20.5 Å². The summed E-state index contributed by atoms with van der Waals surface area (Å²) in [5.74, 6) is -1.81. The minimum absolute atomic E-state index is 0.0368. The molecule has 2 aromatic heterocycles. The third kappa shape index (κ3) is 3.57. The van der Waals surface area contributed by atoms with E-state index in [1.165, 1.54) is 18.2 Å². The highest BCUT2D eigenvalue weighted by Gasteiger charge is 2.56. The van der Waals surface area contributed by atoms with Gasteiger partial charge in [-0.25, -0.2) is 13.8 Å². The third-order valence-electron chi connectivity index (χ3n) is 7.50. The number of hydrogen-bond acceptors (Lipinski definition) is 5. The van der Waals surface area contributed by atoms with Crippen molar-refractivity contribution in [3.63, 3.8) is 0 Å². The van der Waals surface area contributed by atoms with Gasteiger partial charge >= 0.3 is 0 Å². The van der Waals surface area contributed by atoms with Crippen LogP contribution in [0.3, 0.4) is 0 Å². The Kier molecular flexibility index (Phi) is 5.97. The Labute approximate surface area is 197 Å². The molecule has 6 nitrogen and oxygen atoms in total. The van der Waals surface area contributed by atoms with Gasteiger partial charge in [-0.15, -0.1) is 5.10 Å². The Morgan fingerprint density at radius 3 is 2.41 bits per heavy atom. The fourth-order valence-electron chi connectivity index (χ4n) is 4.75. The Bertz CT molecular complexity index is 1240. The van der Waals surface area contributed by atoms with Gasteiger partial charge in [0.1, 0.15) is 17.3 Å². The van der Waals surface area contributed by atoms with E-state index in [4.69, 9.17) is 0 Å². The number of fused-ring (bicyclic) bond motifs is 1. The molecule has 0 aliphatic heterocycles. The van der Waals surface area contributed by atoms with Crippen LogP contribution < -0.4 is 5.32 Å². The number of rotatable bonds is 5. The van der Waals surface area contributed by atoms with Crippen molar-refractivity contribution in [2.75, 3.05) is 6.61 Å². The maximum atomic E-state index is 14.4. The van der Waals surface area contributed by atoms with Crippen molar-refractivity contribution < 1.29 is 18.7 Å². The molecule has 1 aliphatic carbocycles. The average Bonchev–Trinajstić information content (AvgIpc) is 2.97. The number of carbonyl (C=O) groups is 1. The lowest BCUT2D eigenvalue weighted by atomic mass is 9.63. The summed E-state index contributed by atoms with van der Waals surface area (Å²) in [6.07, 6.45) is 0. The fraction of sp³-hybridized carbons (Fsp3) is 0.385. The van der Waals surface area contributed by atoms with Crippen LogP contribution in [0.5, 0.6) is 0 Å². The molecule has 3 aromatic rings. The van der Waals surface area contributed by atoms with Crippen molar-refractivity contribution >= 4 is 5.91 Å². The van der Waals surface area contributed by atoms with E-state index < -0.39 is 28.5 Å². The van der Waals surface area contributed by atoms with Crippen LogP contribution in [-0.4, -0.2) is 38.8 Å². The summed E-state index contributed by atoms with van der Waals surface area (Å²) in [6.45, 7) is 9.75. The first-order chi connectivity index (χ1) is 16.0. The second kappa shape index (κ2) is 8.51. The molecule has 0 radical (unpaired) electrons. The van der Waals surface area contributed by atoms with Gasteiger partial charge in [0.05, 0.1) is 34.7 Å². The van der Waals surface area contributed by atoms with Crippen molar-refractivity contribution in [2.45, 2.75) is 52.0 Å². The molecule has 2 unspecified atom stereocenters. The van der Waals surface area contributed by atoms with Crippen LogP contribution in [0, 0.1) is 17.0 Å². The lowest BCUT2D eigenvalue weighted by Gasteiger charge is -2.40. The van der Waals surface area contributed by atoms with E-state index in [9.17, 15) is 18.7 Å². The Morgan fingerprint density at radius 2 is 1.76 bits per heavy atom. The van der Waals surface area contributed by atoms with Gasteiger partial charge in [0, 0.05) is 6.04 Å². The number of pyridine rings is 1. The maximum Gasteiger partial charge on any atom is 0.270 e. The predicted molar refractivity (Wildman–Crippen MR) is 124 cm³/mol. The quantitative estimate of drug-likeness (QED) is 0.583. The van der Waals surface area contributed by atoms with E-state index in [2.05, 4.69) is 34.3 Å². The van der Waals surface area contributed by atoms with E-state index >= 15 is 0 Å². The van der Waals surface area contributed by atoms with Crippen molar-refractivity contribution in [3.05, 3.63) is 76.7 Å². The number of benzene rings is 1. The highest BCUT2D eigenvalue weighted by Crippen LogP contribution is 2.60. The fourth-order valence-corrected chi connectivity index (χ4v) is 4.75. The van der Waals surface area contributed by atoms with Gasteiger partial charge in [0.25, 0.3) is 5.91 Å². The molecular formula is C26H28F2N4O2. The number of aliphatic hydroxyl groups is 1. The molecule has 0 spiro atoms. The van der Waals surface area contributed by atoms with Gasteiger partial charge in [-0.2, -0.15) is 5.10 Å². The first-order valence-electron chi connectivity index (χ1n) is 11.2. The second-order valence-corrected chi connectivity index (χ2v) is 9.66. The van der Waals surface area contributed by atoms with Crippen LogP contribution in [0.4, 0.5) is 8.78 Å². The SMILES string of the molecule is CC1c2cc(-c3c(F)cccc3F)nnc2C(C)(c2cccc(C(=O)N[C@H](C)CO)n2)C1(C)C. The molecule has 0 fully saturated rings. The second-order valence-electron chi connectivity index (χ2n) is 9.66. The van der Waals surface area contributed by atoms with Crippen LogP contribution in [0.15, 0.2) is 42.5 Å². The molecule has 178 valence electrons. The zero-order chi connectivity index (χ0) is 24.8. The summed E-state index contributed by atoms with van der Waals surface area (Å²) >= 11 is 0. The first kappa shape index (κ1) is 23.9. The molecule has 1 aliphatic rings. The minimum Gasteiger partial charge on any atom is -0.394 e. The highest BCUT2D eigenvalue weighted by atomic mass is 19.1. The number of aliphatic hydroxyl groups excluding tert-OH is 1. The predicted octanol–water partition coefficient (Wildman–Crippen LogP) is 4.38. The van der Waals surface area contributed by atoms with Gasteiger partial charge in [-0.3, -0.25) is 4.79 Å². The molecule has 0 saturated carbocycles. The highest BCUT2D eigenvalue weighted by molar-refractivity contribution is 5.92. The summed E-state index contributed by atoms with van der Waals surface area (Å²) in [6, 6.07) is 10.2. The Balaban J connectivity index is 1.83. The lowest BCUT2D eigenvalue weighted by Crippen LogP contribution is -2.40. The summed E-state index contributed by atoms with van der Waals surface area (Å²) in [4.78, 5) is 17.3. The molecule has 34 heavy (non-hydrogen) atoms. The molecule has 2 heterocycles. The minimum atomic E-state index is -0.722. The topological polar surface area (TPSA) is 88.0 Å². The Morgan fingerprint density at radius 1 is 1.12 bits per heavy atom. The zero-order valence-electron chi connectivity index (χ0n) is 19.9. The van der Waals surface area contributed by atoms with Crippen LogP contribution in [-0.2, 0) is 5.41 Å². The molecule has 8 heteroatoms. The van der Waals surface area contributed by atoms with Crippen LogP contribution in [0.1, 0.15) is 68.0 Å². The van der Waals surface area contributed by atoms with E-state index in [1.54, 1.807) is 25.1 Å². The monoisotopic (exact) mass is 466 g/mol. The average molecular weight is 467 g/mol. The van der Waals surface area contributed by atoms with Crippen molar-refractivity contribution in [2.24, 2.45) is 5.41 Å². The number of amides is 1. The van der Waals surface area contributed by atoms with Gasteiger partial charge in [-0.05, 0) is 61.1 Å². The maximum absolute atomic E-state index is 14.4. The number of aromatic nitrogens is 3. The van der Waals surface area contributed by atoms with Crippen LogP contribution >= 0.6 is 0 Å². The standard InChI is InChI=1S/C26H28F2N4O2/c1-14(13-33)29-24(34)19-10-7-11-21(30-19)26(5)23-16(15(2)25(26,3)4)12-20(31-32-23)22-17(27)8-6-9-18(22)28/h6-12,14-15,33H,13H2,1-5H3,(H,29,34)/t14-,15?,26?/m1/s1. The van der Waals surface area contributed by atoms with Crippen molar-refractivity contribution in [1.29, 1.82) is 0 Å². The number of carbonyl (C=O) groups excluding carboxylic acids is 1. The molecule has 0 saturated heterocycles. The number of nitrogens with zero attached hydrogens (tertiary/aromatic N) is 3. The summed E-state index contributed by atoms with van der Waals surface area (Å²) in [5.41, 5.74) is 1.19. The molecular weight excluding hydrogens is 438 g/mol.